The molecule has 0 aliphatic heterocycles. The van der Waals surface area contributed by atoms with E-state index in [1.807, 2.05) is 4.57 Å². The van der Waals surface area contributed by atoms with Crippen molar-refractivity contribution in [2.45, 2.75) is 18.3 Å². The van der Waals surface area contributed by atoms with Gasteiger partial charge in [0.05, 0.1) is 21.5 Å². The van der Waals surface area contributed by atoms with Crippen molar-refractivity contribution in [1.82, 2.24) is 14.8 Å². The quantitative estimate of drug-likeness (QED) is 0.553. The van der Waals surface area contributed by atoms with E-state index in [1.54, 1.807) is 31.4 Å². The molecule has 0 fully saturated rings. The number of anilines is 1. The van der Waals surface area contributed by atoms with Crippen LogP contribution in [-0.2, 0) is 22.7 Å². The zero-order valence-electron chi connectivity index (χ0n) is 13.0. The van der Waals surface area contributed by atoms with Gasteiger partial charge < -0.3 is 14.6 Å². The monoisotopic (exact) mass is 386 g/mol. The SMILES string of the molecule is C=CCn1c(COC)nnc1SCC(=O)Nc1c(Cl)cccc1Cl. The number of hydrogen-bond donors (Lipinski definition) is 1. The average Bonchev–Trinajstić information content (AvgIpc) is 2.92. The minimum absolute atomic E-state index is 0.143. The molecule has 0 spiro atoms. The number of carbonyl (C=O) groups excluding carboxylic acids is 1. The minimum Gasteiger partial charge on any atom is -0.377 e. The van der Waals surface area contributed by atoms with Gasteiger partial charge in [-0.05, 0) is 12.1 Å². The Labute approximate surface area is 154 Å². The summed E-state index contributed by atoms with van der Waals surface area (Å²) in [6, 6.07) is 5.03. The Hall–Kier alpha value is -1.54. The van der Waals surface area contributed by atoms with Crippen LogP contribution in [0.5, 0.6) is 0 Å². The van der Waals surface area contributed by atoms with Crippen molar-refractivity contribution < 1.29 is 9.53 Å². The summed E-state index contributed by atoms with van der Waals surface area (Å²) in [6.45, 7) is 4.58. The number of nitrogens with one attached hydrogen (secondary N) is 1. The first-order valence-corrected chi connectivity index (χ1v) is 8.69. The summed E-state index contributed by atoms with van der Waals surface area (Å²) in [5, 5.41) is 12.2. The molecule has 1 aromatic heterocycles. The van der Waals surface area contributed by atoms with E-state index >= 15 is 0 Å². The normalized spacial score (nSPS) is 10.6. The summed E-state index contributed by atoms with van der Waals surface area (Å²) in [5.74, 6) is 0.579. The highest BCUT2D eigenvalue weighted by molar-refractivity contribution is 7.99. The Bertz CT molecular complexity index is 716. The fraction of sp³-hybridized carbons (Fsp3) is 0.267. The lowest BCUT2D eigenvalue weighted by Crippen LogP contribution is -2.15. The summed E-state index contributed by atoms with van der Waals surface area (Å²) in [5.41, 5.74) is 0.402. The molecule has 0 saturated carbocycles. The number of benzene rings is 1. The lowest BCUT2D eigenvalue weighted by Gasteiger charge is -2.09. The van der Waals surface area contributed by atoms with Crippen LogP contribution in [0.3, 0.4) is 0 Å². The zero-order chi connectivity index (χ0) is 17.5. The second kappa shape index (κ2) is 9.08. The molecule has 6 nitrogen and oxygen atoms in total. The Morgan fingerprint density at radius 3 is 2.75 bits per heavy atom. The largest absolute Gasteiger partial charge is 0.377 e. The minimum atomic E-state index is -0.239. The number of halogens is 2. The lowest BCUT2D eigenvalue weighted by molar-refractivity contribution is -0.113. The maximum Gasteiger partial charge on any atom is 0.234 e. The molecular formula is C15H16Cl2N4O2S. The third kappa shape index (κ3) is 4.73. The van der Waals surface area contributed by atoms with E-state index in [-0.39, 0.29) is 11.7 Å². The number of amides is 1. The Morgan fingerprint density at radius 2 is 2.12 bits per heavy atom. The van der Waals surface area contributed by atoms with E-state index < -0.39 is 0 Å². The first-order chi connectivity index (χ1) is 11.6. The molecule has 0 bridgehead atoms. The van der Waals surface area contributed by atoms with Gasteiger partial charge >= 0.3 is 0 Å². The molecule has 1 aromatic carbocycles. The summed E-state index contributed by atoms with van der Waals surface area (Å²) in [7, 11) is 1.58. The fourth-order valence-electron chi connectivity index (χ4n) is 1.90. The molecule has 24 heavy (non-hydrogen) atoms. The first-order valence-electron chi connectivity index (χ1n) is 6.95. The molecule has 2 aromatic rings. The molecule has 0 atom stereocenters. The number of thioether (sulfide) groups is 1. The van der Waals surface area contributed by atoms with Gasteiger partial charge in [-0.2, -0.15) is 0 Å². The number of aromatic nitrogens is 3. The lowest BCUT2D eigenvalue weighted by atomic mass is 10.3. The summed E-state index contributed by atoms with van der Waals surface area (Å²) < 4.78 is 6.93. The van der Waals surface area contributed by atoms with Gasteiger partial charge in [-0.15, -0.1) is 16.8 Å². The van der Waals surface area contributed by atoms with Gasteiger partial charge in [0.15, 0.2) is 11.0 Å². The van der Waals surface area contributed by atoms with E-state index in [9.17, 15) is 4.79 Å². The van der Waals surface area contributed by atoms with Crippen molar-refractivity contribution in [1.29, 1.82) is 0 Å². The van der Waals surface area contributed by atoms with Gasteiger partial charge in [0, 0.05) is 13.7 Å². The molecule has 1 N–H and O–H groups in total. The maximum atomic E-state index is 12.1. The van der Waals surface area contributed by atoms with Crippen molar-refractivity contribution in [3.63, 3.8) is 0 Å². The van der Waals surface area contributed by atoms with Crippen LogP contribution in [0.4, 0.5) is 5.69 Å². The number of nitrogens with zero attached hydrogens (tertiary/aromatic N) is 3. The number of allylic oxidation sites excluding steroid dienone is 1. The zero-order valence-corrected chi connectivity index (χ0v) is 15.3. The van der Waals surface area contributed by atoms with Gasteiger partial charge in [-0.1, -0.05) is 47.1 Å². The Balaban J connectivity index is 2.02. The first kappa shape index (κ1) is 18.8. The van der Waals surface area contributed by atoms with E-state index in [2.05, 4.69) is 22.1 Å². The highest BCUT2D eigenvalue weighted by atomic mass is 35.5. The summed E-state index contributed by atoms with van der Waals surface area (Å²) in [4.78, 5) is 12.1. The van der Waals surface area contributed by atoms with Crippen LogP contribution in [0, 0.1) is 0 Å². The highest BCUT2D eigenvalue weighted by Crippen LogP contribution is 2.30. The topological polar surface area (TPSA) is 69.0 Å². The molecule has 1 heterocycles. The smallest absolute Gasteiger partial charge is 0.234 e. The van der Waals surface area contributed by atoms with E-state index in [1.165, 1.54) is 11.8 Å². The number of methoxy groups -OCH3 is 1. The second-order valence-corrected chi connectivity index (χ2v) is 6.42. The van der Waals surface area contributed by atoms with E-state index in [4.69, 9.17) is 27.9 Å². The van der Waals surface area contributed by atoms with Gasteiger partial charge in [0.2, 0.25) is 5.91 Å². The standard InChI is InChI=1S/C15H16Cl2N4O2S/c1-3-7-21-12(8-23-2)19-20-15(21)24-9-13(22)18-14-10(16)5-4-6-11(14)17/h3-6H,1,7-9H2,2H3,(H,18,22). The van der Waals surface area contributed by atoms with Crippen molar-refractivity contribution in [3.05, 3.63) is 46.7 Å². The molecule has 1 amide bonds. The van der Waals surface area contributed by atoms with Crippen molar-refractivity contribution in [2.75, 3.05) is 18.2 Å². The molecule has 9 heteroatoms. The number of rotatable bonds is 8. The highest BCUT2D eigenvalue weighted by Gasteiger charge is 2.14. The second-order valence-electron chi connectivity index (χ2n) is 4.66. The van der Waals surface area contributed by atoms with Gasteiger partial charge in [0.1, 0.15) is 6.61 Å². The van der Waals surface area contributed by atoms with E-state index in [0.29, 0.717) is 39.9 Å². The molecule has 128 valence electrons. The number of hydrogen-bond acceptors (Lipinski definition) is 5. The molecule has 2 rings (SSSR count). The van der Waals surface area contributed by atoms with E-state index in [0.717, 1.165) is 0 Å². The van der Waals surface area contributed by atoms with Crippen molar-refractivity contribution >= 4 is 46.6 Å². The predicted molar refractivity (Wildman–Crippen MR) is 96.7 cm³/mol. The van der Waals surface area contributed by atoms with Gasteiger partial charge in [0.25, 0.3) is 0 Å². The molecule has 0 aliphatic carbocycles. The van der Waals surface area contributed by atoms with Crippen LogP contribution in [0.15, 0.2) is 36.0 Å². The molecule has 0 unspecified atom stereocenters. The van der Waals surface area contributed by atoms with Gasteiger partial charge in [-0.25, -0.2) is 0 Å². The van der Waals surface area contributed by atoms with Crippen molar-refractivity contribution in [3.8, 4) is 0 Å². The third-order valence-corrected chi connectivity index (χ3v) is 4.53. The van der Waals surface area contributed by atoms with Crippen LogP contribution < -0.4 is 5.32 Å². The fourth-order valence-corrected chi connectivity index (χ4v) is 3.16. The van der Waals surface area contributed by atoms with Crippen LogP contribution in [0.25, 0.3) is 0 Å². The summed E-state index contributed by atoms with van der Waals surface area (Å²) >= 11 is 13.3. The van der Waals surface area contributed by atoms with Crippen LogP contribution >= 0.6 is 35.0 Å². The van der Waals surface area contributed by atoms with Gasteiger partial charge in [-0.3, -0.25) is 4.79 Å². The van der Waals surface area contributed by atoms with Crippen LogP contribution in [0.1, 0.15) is 5.82 Å². The molecule has 0 aliphatic rings. The van der Waals surface area contributed by atoms with Crippen molar-refractivity contribution in [2.24, 2.45) is 0 Å². The number of ether oxygens (including phenoxy) is 1. The Morgan fingerprint density at radius 1 is 1.42 bits per heavy atom. The number of para-hydroxylation sites is 1. The third-order valence-electron chi connectivity index (χ3n) is 2.94. The van der Waals surface area contributed by atoms with Crippen LogP contribution in [0.2, 0.25) is 10.0 Å². The Kier molecular flexibility index (Phi) is 7.11. The summed E-state index contributed by atoms with van der Waals surface area (Å²) in [6.07, 6.45) is 1.73. The number of carbonyl (C=O) groups is 1. The predicted octanol–water partition coefficient (Wildman–Crippen LogP) is 3.65. The molecule has 0 saturated heterocycles. The average molecular weight is 387 g/mol. The molecular weight excluding hydrogens is 371 g/mol. The maximum absolute atomic E-state index is 12.1. The van der Waals surface area contributed by atoms with Crippen LogP contribution in [-0.4, -0.2) is 33.5 Å². The molecule has 0 radical (unpaired) electrons.